The lowest BCUT2D eigenvalue weighted by atomic mass is 10.1. The average Bonchev–Trinajstić information content (AvgIpc) is 2.47. The highest BCUT2D eigenvalue weighted by molar-refractivity contribution is 7.99. The quantitative estimate of drug-likeness (QED) is 0.607. The molecule has 1 heterocycles. The zero-order chi connectivity index (χ0) is 14.4. The highest BCUT2D eigenvalue weighted by Gasteiger charge is 2.05. The van der Waals surface area contributed by atoms with Crippen molar-refractivity contribution < 1.29 is 0 Å². The maximum atomic E-state index is 6.13. The van der Waals surface area contributed by atoms with Crippen LogP contribution in [0.5, 0.6) is 0 Å². The molecule has 0 amide bonds. The van der Waals surface area contributed by atoms with Gasteiger partial charge in [-0.3, -0.25) is 4.98 Å². The Hall–Kier alpha value is -0.740. The van der Waals surface area contributed by atoms with Crippen molar-refractivity contribution in [1.29, 1.82) is 0 Å². The third-order valence-corrected chi connectivity index (χ3v) is 4.64. The zero-order valence-electron chi connectivity index (χ0n) is 11.1. The van der Waals surface area contributed by atoms with Crippen LogP contribution in [0.1, 0.15) is 18.5 Å². The Kier molecular flexibility index (Phi) is 6.17. The van der Waals surface area contributed by atoms with Crippen LogP contribution >= 0.6 is 35.0 Å². The van der Waals surface area contributed by atoms with Gasteiger partial charge in [-0.25, -0.2) is 0 Å². The monoisotopic (exact) mass is 326 g/mol. The molecule has 106 valence electrons. The molecule has 0 fully saturated rings. The van der Waals surface area contributed by atoms with Crippen molar-refractivity contribution in [3.8, 4) is 0 Å². The van der Waals surface area contributed by atoms with Crippen LogP contribution in [-0.4, -0.2) is 17.3 Å². The van der Waals surface area contributed by atoms with Crippen molar-refractivity contribution in [3.05, 3.63) is 58.3 Å². The van der Waals surface area contributed by atoms with Crippen LogP contribution in [0.3, 0.4) is 0 Å². The van der Waals surface area contributed by atoms with Gasteiger partial charge < -0.3 is 5.32 Å². The molecule has 1 aromatic carbocycles. The van der Waals surface area contributed by atoms with E-state index in [-0.39, 0.29) is 0 Å². The van der Waals surface area contributed by atoms with Gasteiger partial charge in [0.25, 0.3) is 0 Å². The highest BCUT2D eigenvalue weighted by Crippen LogP contribution is 2.29. The fraction of sp³-hybridized carbons (Fsp3) is 0.267. The summed E-state index contributed by atoms with van der Waals surface area (Å²) < 4.78 is 0. The normalized spacial score (nSPS) is 12.3. The maximum absolute atomic E-state index is 6.13. The molecule has 0 bridgehead atoms. The Morgan fingerprint density at radius 2 is 1.95 bits per heavy atom. The summed E-state index contributed by atoms with van der Waals surface area (Å²) in [5.74, 6) is 0.940. The van der Waals surface area contributed by atoms with Gasteiger partial charge in [-0.1, -0.05) is 23.2 Å². The number of aromatic nitrogens is 1. The summed E-state index contributed by atoms with van der Waals surface area (Å²) in [6.07, 6.45) is 3.63. The predicted octanol–water partition coefficient (Wildman–Crippen LogP) is 4.83. The molecule has 1 atom stereocenters. The first-order chi connectivity index (χ1) is 9.66. The SMILES string of the molecule is CC(NCCSc1cc(Cl)ccc1Cl)c1ccncc1. The first-order valence-electron chi connectivity index (χ1n) is 6.38. The second-order valence-corrected chi connectivity index (χ2v) is 6.36. The van der Waals surface area contributed by atoms with Crippen LogP contribution in [0.2, 0.25) is 10.0 Å². The van der Waals surface area contributed by atoms with Gasteiger partial charge in [0.1, 0.15) is 0 Å². The summed E-state index contributed by atoms with van der Waals surface area (Å²) in [6, 6.07) is 9.91. The number of thioether (sulfide) groups is 1. The van der Waals surface area contributed by atoms with E-state index in [0.717, 1.165) is 27.2 Å². The predicted molar refractivity (Wildman–Crippen MR) is 87.8 cm³/mol. The third kappa shape index (κ3) is 4.67. The van der Waals surface area contributed by atoms with E-state index in [9.17, 15) is 0 Å². The minimum Gasteiger partial charge on any atom is -0.309 e. The number of nitrogens with zero attached hydrogens (tertiary/aromatic N) is 1. The average molecular weight is 327 g/mol. The third-order valence-electron chi connectivity index (χ3n) is 2.91. The number of hydrogen-bond acceptors (Lipinski definition) is 3. The number of halogens is 2. The Bertz CT molecular complexity index is 549. The van der Waals surface area contributed by atoms with E-state index in [1.807, 2.05) is 36.7 Å². The first kappa shape index (κ1) is 15.6. The largest absolute Gasteiger partial charge is 0.309 e. The lowest BCUT2D eigenvalue weighted by Crippen LogP contribution is -2.21. The topological polar surface area (TPSA) is 24.9 Å². The molecule has 2 aromatic rings. The summed E-state index contributed by atoms with van der Waals surface area (Å²) in [4.78, 5) is 5.05. The Morgan fingerprint density at radius 3 is 2.70 bits per heavy atom. The van der Waals surface area contributed by atoms with Crippen LogP contribution in [-0.2, 0) is 0 Å². The van der Waals surface area contributed by atoms with E-state index < -0.39 is 0 Å². The number of rotatable bonds is 6. The molecule has 1 unspecified atom stereocenters. The van der Waals surface area contributed by atoms with Crippen molar-refractivity contribution in [2.75, 3.05) is 12.3 Å². The molecule has 2 nitrogen and oxygen atoms in total. The van der Waals surface area contributed by atoms with Gasteiger partial charge in [0.05, 0.1) is 5.02 Å². The molecule has 20 heavy (non-hydrogen) atoms. The van der Waals surface area contributed by atoms with Crippen molar-refractivity contribution in [2.45, 2.75) is 17.9 Å². The molecule has 2 rings (SSSR count). The number of nitrogens with one attached hydrogen (secondary N) is 1. The van der Waals surface area contributed by atoms with E-state index in [2.05, 4.69) is 17.2 Å². The van der Waals surface area contributed by atoms with Crippen molar-refractivity contribution in [2.24, 2.45) is 0 Å². The van der Waals surface area contributed by atoms with E-state index >= 15 is 0 Å². The summed E-state index contributed by atoms with van der Waals surface area (Å²) in [6.45, 7) is 3.05. The summed E-state index contributed by atoms with van der Waals surface area (Å²) in [5.41, 5.74) is 1.24. The standard InChI is InChI=1S/C15H16Cl2N2S/c1-11(12-4-6-18-7-5-12)19-8-9-20-15-10-13(16)2-3-14(15)17/h2-7,10-11,19H,8-9H2,1H3. The van der Waals surface area contributed by atoms with Gasteiger partial charge in [-0.15, -0.1) is 11.8 Å². The van der Waals surface area contributed by atoms with E-state index in [4.69, 9.17) is 23.2 Å². The Labute approximate surface area is 133 Å². The molecular weight excluding hydrogens is 311 g/mol. The highest BCUT2D eigenvalue weighted by atomic mass is 35.5. The van der Waals surface area contributed by atoms with Crippen molar-refractivity contribution in [3.63, 3.8) is 0 Å². The van der Waals surface area contributed by atoms with Crippen LogP contribution in [0.25, 0.3) is 0 Å². The van der Waals surface area contributed by atoms with Gasteiger partial charge in [0.15, 0.2) is 0 Å². The molecule has 0 aliphatic heterocycles. The Morgan fingerprint density at radius 1 is 1.20 bits per heavy atom. The van der Waals surface area contributed by atoms with Gasteiger partial charge >= 0.3 is 0 Å². The van der Waals surface area contributed by atoms with Gasteiger partial charge in [0.2, 0.25) is 0 Å². The molecule has 5 heteroatoms. The first-order valence-corrected chi connectivity index (χ1v) is 8.12. The van der Waals surface area contributed by atoms with Gasteiger partial charge in [-0.2, -0.15) is 0 Å². The minimum absolute atomic E-state index is 0.313. The molecule has 0 aliphatic carbocycles. The fourth-order valence-corrected chi connectivity index (χ4v) is 3.17. The number of hydrogen-bond donors (Lipinski definition) is 1. The van der Waals surface area contributed by atoms with Gasteiger partial charge in [-0.05, 0) is 42.8 Å². The second-order valence-electron chi connectivity index (χ2n) is 4.38. The molecule has 1 aromatic heterocycles. The second kappa shape index (κ2) is 7.89. The van der Waals surface area contributed by atoms with Crippen LogP contribution < -0.4 is 5.32 Å². The lowest BCUT2D eigenvalue weighted by molar-refractivity contribution is 0.600. The fourth-order valence-electron chi connectivity index (χ4n) is 1.79. The van der Waals surface area contributed by atoms with Crippen molar-refractivity contribution >= 4 is 35.0 Å². The van der Waals surface area contributed by atoms with Crippen LogP contribution in [0, 0.1) is 0 Å². The van der Waals surface area contributed by atoms with Crippen LogP contribution in [0.15, 0.2) is 47.6 Å². The summed E-state index contributed by atoms with van der Waals surface area (Å²) >= 11 is 13.8. The molecule has 0 saturated carbocycles. The summed E-state index contributed by atoms with van der Waals surface area (Å²) in [7, 11) is 0. The van der Waals surface area contributed by atoms with Gasteiger partial charge in [0, 0.05) is 40.7 Å². The zero-order valence-corrected chi connectivity index (χ0v) is 13.5. The van der Waals surface area contributed by atoms with Crippen molar-refractivity contribution in [1.82, 2.24) is 10.3 Å². The maximum Gasteiger partial charge on any atom is 0.0542 e. The number of benzene rings is 1. The molecule has 0 saturated heterocycles. The van der Waals surface area contributed by atoms with E-state index in [1.165, 1.54) is 5.56 Å². The van der Waals surface area contributed by atoms with E-state index in [1.54, 1.807) is 17.8 Å². The molecular formula is C15H16Cl2N2S. The molecule has 0 aliphatic rings. The molecule has 1 N–H and O–H groups in total. The lowest BCUT2D eigenvalue weighted by Gasteiger charge is -2.13. The summed E-state index contributed by atoms with van der Waals surface area (Å²) in [5, 5.41) is 4.95. The smallest absolute Gasteiger partial charge is 0.0542 e. The minimum atomic E-state index is 0.313. The Balaban J connectivity index is 1.78. The molecule has 0 radical (unpaired) electrons. The van der Waals surface area contributed by atoms with E-state index in [0.29, 0.717) is 6.04 Å². The number of pyridine rings is 1. The van der Waals surface area contributed by atoms with Crippen LogP contribution in [0.4, 0.5) is 0 Å². The molecule has 0 spiro atoms.